The number of amides is 2. The van der Waals surface area contributed by atoms with Gasteiger partial charge in [-0.25, -0.2) is 9.88 Å². The molecule has 1 aliphatic rings. The Morgan fingerprint density at radius 1 is 1.33 bits per heavy atom. The molecular weight excluding hydrogens is 292 g/mol. The standard InChI is InChI=1S/C13H12N4O3S/c1-20-9-4-2-8(3-5-9)17-11(18)6-10(12(17)19)21-13-14-7-15-16-13/h2-5,7,10H,6H2,1H3,(H,14,15,16)/t10-/m0/s1. The summed E-state index contributed by atoms with van der Waals surface area (Å²) in [5, 5.41) is 6.44. The van der Waals surface area contributed by atoms with E-state index in [1.165, 1.54) is 23.0 Å². The second-order valence-corrected chi connectivity index (χ2v) is 5.56. The molecule has 0 unspecified atom stereocenters. The highest BCUT2D eigenvalue weighted by molar-refractivity contribution is 8.00. The monoisotopic (exact) mass is 304 g/mol. The molecule has 0 aliphatic carbocycles. The molecule has 108 valence electrons. The van der Waals surface area contributed by atoms with Gasteiger partial charge in [0.15, 0.2) is 5.16 Å². The lowest BCUT2D eigenvalue weighted by Gasteiger charge is -2.14. The van der Waals surface area contributed by atoms with Gasteiger partial charge in [0.05, 0.1) is 12.8 Å². The van der Waals surface area contributed by atoms with Gasteiger partial charge in [-0.15, -0.1) is 0 Å². The highest BCUT2D eigenvalue weighted by Crippen LogP contribution is 2.32. The molecule has 0 radical (unpaired) electrons. The van der Waals surface area contributed by atoms with Crippen LogP contribution in [0.5, 0.6) is 5.75 Å². The van der Waals surface area contributed by atoms with E-state index in [0.29, 0.717) is 16.6 Å². The first-order valence-electron chi connectivity index (χ1n) is 6.22. The third kappa shape index (κ3) is 2.62. The number of methoxy groups -OCH3 is 1. The number of nitrogens with zero attached hydrogens (tertiary/aromatic N) is 3. The summed E-state index contributed by atoms with van der Waals surface area (Å²) in [5.74, 6) is 0.208. The lowest BCUT2D eigenvalue weighted by atomic mass is 10.3. The van der Waals surface area contributed by atoms with E-state index in [9.17, 15) is 9.59 Å². The third-order valence-electron chi connectivity index (χ3n) is 3.08. The van der Waals surface area contributed by atoms with Gasteiger partial charge < -0.3 is 4.74 Å². The van der Waals surface area contributed by atoms with Gasteiger partial charge in [-0.2, -0.15) is 5.10 Å². The highest BCUT2D eigenvalue weighted by atomic mass is 32.2. The molecule has 2 heterocycles. The van der Waals surface area contributed by atoms with Crippen molar-refractivity contribution in [3.05, 3.63) is 30.6 Å². The van der Waals surface area contributed by atoms with Crippen LogP contribution in [0.4, 0.5) is 5.69 Å². The lowest BCUT2D eigenvalue weighted by Crippen LogP contribution is -2.31. The molecule has 1 aromatic heterocycles. The average Bonchev–Trinajstić information content (AvgIpc) is 3.09. The molecule has 2 aromatic rings. The summed E-state index contributed by atoms with van der Waals surface area (Å²) in [6, 6.07) is 6.81. The van der Waals surface area contributed by atoms with Crippen molar-refractivity contribution in [2.45, 2.75) is 16.8 Å². The van der Waals surface area contributed by atoms with E-state index < -0.39 is 5.25 Å². The number of carbonyl (C=O) groups excluding carboxylic acids is 2. The van der Waals surface area contributed by atoms with E-state index in [-0.39, 0.29) is 18.2 Å². The molecule has 0 bridgehead atoms. The molecule has 1 aromatic carbocycles. The van der Waals surface area contributed by atoms with Crippen molar-refractivity contribution in [1.82, 2.24) is 15.2 Å². The van der Waals surface area contributed by atoms with Crippen LogP contribution in [0.1, 0.15) is 6.42 Å². The summed E-state index contributed by atoms with van der Waals surface area (Å²) in [5.41, 5.74) is 0.548. The molecule has 1 atom stereocenters. The van der Waals surface area contributed by atoms with Crippen LogP contribution < -0.4 is 9.64 Å². The molecule has 21 heavy (non-hydrogen) atoms. The Hall–Kier alpha value is -2.35. The number of anilines is 1. The molecule has 7 nitrogen and oxygen atoms in total. The van der Waals surface area contributed by atoms with Crippen LogP contribution in [-0.4, -0.2) is 39.4 Å². The molecule has 3 rings (SSSR count). The van der Waals surface area contributed by atoms with Crippen LogP contribution in [0.3, 0.4) is 0 Å². The molecule has 8 heteroatoms. The Morgan fingerprint density at radius 2 is 2.10 bits per heavy atom. The van der Waals surface area contributed by atoms with Crippen molar-refractivity contribution in [1.29, 1.82) is 0 Å². The van der Waals surface area contributed by atoms with Gasteiger partial charge in [-0.1, -0.05) is 11.8 Å². The predicted octanol–water partition coefficient (Wildman–Crippen LogP) is 1.24. The van der Waals surface area contributed by atoms with Crippen molar-refractivity contribution in [2.24, 2.45) is 0 Å². The SMILES string of the molecule is COc1ccc(N2C(=O)C[C@H](Sc3ncn[nH]3)C2=O)cc1. The Morgan fingerprint density at radius 3 is 2.71 bits per heavy atom. The first-order valence-corrected chi connectivity index (χ1v) is 7.10. The number of imide groups is 1. The zero-order valence-electron chi connectivity index (χ0n) is 11.1. The minimum atomic E-state index is -0.479. The Bertz CT molecular complexity index is 657. The second-order valence-electron chi connectivity index (χ2n) is 4.37. The number of H-pyrrole nitrogens is 1. The molecule has 1 N–H and O–H groups in total. The number of rotatable bonds is 4. The number of hydrogen-bond donors (Lipinski definition) is 1. The molecule has 1 aliphatic heterocycles. The van der Waals surface area contributed by atoms with Gasteiger partial charge in [0.1, 0.15) is 17.3 Å². The van der Waals surface area contributed by atoms with Crippen LogP contribution in [0.25, 0.3) is 0 Å². The second kappa shape index (κ2) is 5.57. The Balaban J connectivity index is 1.79. The van der Waals surface area contributed by atoms with Gasteiger partial charge >= 0.3 is 0 Å². The maximum Gasteiger partial charge on any atom is 0.247 e. The number of hydrogen-bond acceptors (Lipinski definition) is 6. The highest BCUT2D eigenvalue weighted by Gasteiger charge is 2.40. The molecular formula is C13H12N4O3S. The van der Waals surface area contributed by atoms with E-state index in [2.05, 4.69) is 15.2 Å². The Kier molecular flexibility index (Phi) is 3.61. The minimum Gasteiger partial charge on any atom is -0.497 e. The van der Waals surface area contributed by atoms with Crippen molar-refractivity contribution < 1.29 is 14.3 Å². The van der Waals surface area contributed by atoms with Crippen molar-refractivity contribution >= 4 is 29.3 Å². The normalized spacial score (nSPS) is 18.3. The topological polar surface area (TPSA) is 88.2 Å². The van der Waals surface area contributed by atoms with E-state index >= 15 is 0 Å². The molecule has 1 fully saturated rings. The number of aromatic nitrogens is 3. The van der Waals surface area contributed by atoms with Crippen molar-refractivity contribution in [3.63, 3.8) is 0 Å². The summed E-state index contributed by atoms with van der Waals surface area (Å²) in [4.78, 5) is 29.6. The fraction of sp³-hybridized carbons (Fsp3) is 0.231. The number of aromatic amines is 1. The van der Waals surface area contributed by atoms with E-state index in [0.717, 1.165) is 0 Å². The molecule has 1 saturated heterocycles. The van der Waals surface area contributed by atoms with Gasteiger partial charge in [-0.05, 0) is 24.3 Å². The molecule has 2 amide bonds. The van der Waals surface area contributed by atoms with E-state index in [1.54, 1.807) is 31.4 Å². The smallest absolute Gasteiger partial charge is 0.247 e. The third-order valence-corrected chi connectivity index (χ3v) is 4.16. The maximum atomic E-state index is 12.4. The summed E-state index contributed by atoms with van der Waals surface area (Å²) in [6.07, 6.45) is 1.51. The van der Waals surface area contributed by atoms with Crippen LogP contribution in [0, 0.1) is 0 Å². The van der Waals surface area contributed by atoms with Gasteiger partial charge in [0.2, 0.25) is 11.8 Å². The molecule has 0 saturated carbocycles. The zero-order chi connectivity index (χ0) is 14.8. The molecule has 0 spiro atoms. The quantitative estimate of drug-likeness (QED) is 0.855. The number of thioether (sulfide) groups is 1. The maximum absolute atomic E-state index is 12.4. The van der Waals surface area contributed by atoms with Gasteiger partial charge in [0.25, 0.3) is 0 Å². The minimum absolute atomic E-state index is 0.149. The van der Waals surface area contributed by atoms with Gasteiger partial charge in [-0.3, -0.25) is 14.7 Å². The number of nitrogens with one attached hydrogen (secondary N) is 1. The fourth-order valence-corrected chi connectivity index (χ4v) is 3.00. The summed E-state index contributed by atoms with van der Waals surface area (Å²) in [7, 11) is 1.56. The Labute approximate surface area is 124 Å². The van der Waals surface area contributed by atoms with Crippen LogP contribution in [0.2, 0.25) is 0 Å². The lowest BCUT2D eigenvalue weighted by molar-refractivity contribution is -0.121. The predicted molar refractivity (Wildman–Crippen MR) is 76.1 cm³/mol. The summed E-state index contributed by atoms with van der Waals surface area (Å²) >= 11 is 1.21. The first kappa shape index (κ1) is 13.6. The summed E-state index contributed by atoms with van der Waals surface area (Å²) in [6.45, 7) is 0. The van der Waals surface area contributed by atoms with Crippen LogP contribution >= 0.6 is 11.8 Å². The largest absolute Gasteiger partial charge is 0.497 e. The van der Waals surface area contributed by atoms with Crippen molar-refractivity contribution in [3.8, 4) is 5.75 Å². The zero-order valence-corrected chi connectivity index (χ0v) is 12.0. The van der Waals surface area contributed by atoms with Crippen LogP contribution in [0.15, 0.2) is 35.7 Å². The van der Waals surface area contributed by atoms with E-state index in [4.69, 9.17) is 4.74 Å². The van der Waals surface area contributed by atoms with E-state index in [1.807, 2.05) is 0 Å². The van der Waals surface area contributed by atoms with Gasteiger partial charge in [0, 0.05) is 6.42 Å². The number of benzene rings is 1. The number of carbonyl (C=O) groups is 2. The fourth-order valence-electron chi connectivity index (χ4n) is 2.08. The van der Waals surface area contributed by atoms with Crippen molar-refractivity contribution in [2.75, 3.05) is 12.0 Å². The van der Waals surface area contributed by atoms with Crippen LogP contribution in [-0.2, 0) is 9.59 Å². The average molecular weight is 304 g/mol. The first-order chi connectivity index (χ1) is 10.2. The summed E-state index contributed by atoms with van der Waals surface area (Å²) < 4.78 is 5.06. The number of ether oxygens (including phenoxy) is 1.